The van der Waals surface area contributed by atoms with Gasteiger partial charge in [-0.25, -0.2) is 0 Å². The number of benzene rings is 12. The van der Waals surface area contributed by atoms with E-state index in [-0.39, 0.29) is 5.92 Å². The molecule has 3 heteroatoms. The van der Waals surface area contributed by atoms with Crippen LogP contribution in [0.3, 0.4) is 0 Å². The van der Waals surface area contributed by atoms with Gasteiger partial charge >= 0.3 is 0 Å². The summed E-state index contributed by atoms with van der Waals surface area (Å²) in [7, 11) is 0. The third-order valence-corrected chi connectivity index (χ3v) is 17.9. The Morgan fingerprint density at radius 1 is 0.234 bits per heavy atom. The number of hydrogen-bond acceptors (Lipinski definition) is 0. The lowest BCUT2D eigenvalue weighted by Gasteiger charge is -2.32. The highest BCUT2D eigenvalue weighted by molar-refractivity contribution is 6.12. The van der Waals surface area contributed by atoms with Crippen LogP contribution in [0, 0.1) is 0 Å². The third-order valence-electron chi connectivity index (χ3n) is 17.9. The van der Waals surface area contributed by atoms with Gasteiger partial charge in [0.05, 0.1) is 38.5 Å². The van der Waals surface area contributed by atoms with Crippen LogP contribution in [0.1, 0.15) is 44.9 Å². The van der Waals surface area contributed by atoms with E-state index in [1.165, 1.54) is 138 Å². The van der Waals surface area contributed by atoms with Crippen LogP contribution in [0.5, 0.6) is 0 Å². The molecule has 3 aliphatic carbocycles. The molecule has 356 valence electrons. The van der Waals surface area contributed by atoms with Crippen molar-refractivity contribution in [3.05, 3.63) is 306 Å². The Morgan fingerprint density at radius 3 is 0.844 bits per heavy atom. The Bertz CT molecular complexity index is 4530. The summed E-state index contributed by atoms with van der Waals surface area (Å²) >= 11 is 0. The summed E-state index contributed by atoms with van der Waals surface area (Å²) in [6.07, 6.45) is 0. The predicted octanol–water partition coefficient (Wildman–Crippen LogP) is 18.5. The molecule has 3 aliphatic rings. The average Bonchev–Trinajstić information content (AvgIpc) is 4.47. The SMILES string of the molecule is c1ccc2c(c1)-c1ccccc1C2c1ccc2c(c1)C1(c3cc(-n4c5ccccc5c5ccccc54)ccc3-2)c2cc(-n3c4ccccc4c4ccccc43)ccc2-c2ccc(-n3c4ccccc4c4ccccc43)cc21. The van der Waals surface area contributed by atoms with Gasteiger partial charge in [-0.1, -0.05) is 194 Å². The molecule has 77 heavy (non-hydrogen) atoms. The van der Waals surface area contributed by atoms with E-state index in [2.05, 4.69) is 281 Å². The molecule has 12 aromatic carbocycles. The maximum Gasteiger partial charge on any atom is 0.0727 e. The summed E-state index contributed by atoms with van der Waals surface area (Å²) in [5.74, 6) is 0.0786. The van der Waals surface area contributed by atoms with E-state index in [0.29, 0.717) is 0 Å². The van der Waals surface area contributed by atoms with Crippen LogP contribution >= 0.6 is 0 Å². The molecule has 0 aliphatic heterocycles. The van der Waals surface area contributed by atoms with E-state index >= 15 is 0 Å². The monoisotopic (exact) mass is 975 g/mol. The summed E-state index contributed by atoms with van der Waals surface area (Å²) in [5.41, 5.74) is 26.9. The van der Waals surface area contributed by atoms with Crippen molar-refractivity contribution in [2.24, 2.45) is 0 Å². The molecule has 18 rings (SSSR count). The highest BCUT2D eigenvalue weighted by Crippen LogP contribution is 2.65. The Labute approximate surface area is 444 Å². The van der Waals surface area contributed by atoms with Gasteiger partial charge in [0.2, 0.25) is 0 Å². The molecule has 0 bridgehead atoms. The number of aromatic nitrogens is 3. The first-order valence-electron chi connectivity index (χ1n) is 26.9. The van der Waals surface area contributed by atoms with Gasteiger partial charge in [-0.15, -0.1) is 0 Å². The molecule has 3 aromatic heterocycles. The van der Waals surface area contributed by atoms with Crippen molar-refractivity contribution in [3.63, 3.8) is 0 Å². The largest absolute Gasteiger partial charge is 0.309 e. The minimum absolute atomic E-state index is 0.0786. The molecule has 0 unspecified atom stereocenters. The number of nitrogens with zero attached hydrogens (tertiary/aromatic N) is 3. The molecule has 0 saturated carbocycles. The lowest BCUT2D eigenvalue weighted by molar-refractivity contribution is 0.787. The van der Waals surface area contributed by atoms with Gasteiger partial charge in [0.1, 0.15) is 0 Å². The van der Waals surface area contributed by atoms with Gasteiger partial charge < -0.3 is 13.7 Å². The van der Waals surface area contributed by atoms with Crippen LogP contribution in [-0.4, -0.2) is 13.7 Å². The van der Waals surface area contributed by atoms with Crippen molar-refractivity contribution < 1.29 is 0 Å². The topological polar surface area (TPSA) is 14.8 Å². The van der Waals surface area contributed by atoms with E-state index in [0.717, 1.165) is 17.1 Å². The molecule has 3 nitrogen and oxygen atoms in total. The molecule has 1 spiro atoms. The Kier molecular flexibility index (Phi) is 8.12. The normalized spacial score (nSPS) is 13.8. The zero-order valence-corrected chi connectivity index (χ0v) is 41.8. The minimum Gasteiger partial charge on any atom is -0.309 e. The number of para-hydroxylation sites is 6. The Morgan fingerprint density at radius 2 is 0.506 bits per heavy atom. The molecular weight excluding hydrogens is 931 g/mol. The number of hydrogen-bond donors (Lipinski definition) is 0. The second-order valence-electron chi connectivity index (χ2n) is 21.5. The highest BCUT2D eigenvalue weighted by atomic mass is 15.0. The molecule has 0 amide bonds. The van der Waals surface area contributed by atoms with Gasteiger partial charge in [0.25, 0.3) is 0 Å². The fraction of sp³-hybridized carbons (Fsp3) is 0.0270. The van der Waals surface area contributed by atoms with Crippen molar-refractivity contribution in [2.45, 2.75) is 11.3 Å². The molecular formula is C74H45N3. The number of fused-ring (bicyclic) bond motifs is 22. The molecule has 3 heterocycles. The van der Waals surface area contributed by atoms with Crippen LogP contribution < -0.4 is 0 Å². The van der Waals surface area contributed by atoms with Gasteiger partial charge in [-0.3, -0.25) is 0 Å². The van der Waals surface area contributed by atoms with E-state index in [4.69, 9.17) is 0 Å². The maximum atomic E-state index is 2.62. The zero-order chi connectivity index (χ0) is 50.1. The molecule has 0 fully saturated rings. The highest BCUT2D eigenvalue weighted by Gasteiger charge is 2.53. The summed E-state index contributed by atoms with van der Waals surface area (Å²) in [4.78, 5) is 0. The summed E-state index contributed by atoms with van der Waals surface area (Å²) < 4.78 is 7.50. The molecule has 0 atom stereocenters. The van der Waals surface area contributed by atoms with Crippen LogP contribution in [-0.2, 0) is 5.41 Å². The average molecular weight is 976 g/mol. The smallest absolute Gasteiger partial charge is 0.0727 e. The first-order chi connectivity index (χ1) is 38.2. The third kappa shape index (κ3) is 5.30. The Hall–Kier alpha value is -9.96. The summed E-state index contributed by atoms with van der Waals surface area (Å²) in [6, 6.07) is 101. The molecule has 0 saturated heterocycles. The lowest BCUT2D eigenvalue weighted by atomic mass is 9.69. The summed E-state index contributed by atoms with van der Waals surface area (Å²) in [5, 5.41) is 7.54. The number of rotatable bonds is 4. The van der Waals surface area contributed by atoms with Crippen molar-refractivity contribution in [1.29, 1.82) is 0 Å². The predicted molar refractivity (Wildman–Crippen MR) is 319 cm³/mol. The fourth-order valence-electron chi connectivity index (χ4n) is 14.9. The second-order valence-corrected chi connectivity index (χ2v) is 21.5. The van der Waals surface area contributed by atoms with Crippen molar-refractivity contribution >= 4 is 65.4 Å². The van der Waals surface area contributed by atoms with Crippen molar-refractivity contribution in [1.82, 2.24) is 13.7 Å². The van der Waals surface area contributed by atoms with Crippen LogP contribution in [0.4, 0.5) is 0 Å². The van der Waals surface area contributed by atoms with Gasteiger partial charge in [0.15, 0.2) is 0 Å². The molecule has 0 N–H and O–H groups in total. The van der Waals surface area contributed by atoms with E-state index < -0.39 is 5.41 Å². The van der Waals surface area contributed by atoms with E-state index in [9.17, 15) is 0 Å². The van der Waals surface area contributed by atoms with Crippen LogP contribution in [0.25, 0.3) is 116 Å². The molecule has 15 aromatic rings. The zero-order valence-electron chi connectivity index (χ0n) is 41.8. The summed E-state index contributed by atoms with van der Waals surface area (Å²) in [6.45, 7) is 0. The van der Waals surface area contributed by atoms with E-state index in [1.807, 2.05) is 0 Å². The molecule has 0 radical (unpaired) electrons. The van der Waals surface area contributed by atoms with Crippen molar-refractivity contribution in [3.8, 4) is 50.4 Å². The Balaban J connectivity index is 0.986. The standard InChI is InChI=1S/C74H45N3/c1-3-25-61-49(17-1)50-18-2-4-26-62(50)73(61)45-33-37-51-52-38-34-46(75-67-27-11-5-19-55(67)56-20-6-12-28-68(56)75)42-64(52)74(63(51)41-45)65-43-47(76-69-29-13-7-21-57(69)58-22-8-14-30-70(58)76)35-39-53(65)54-40-36-48(44-66(54)74)77-71-31-15-9-23-59(71)60-24-10-16-32-72(60)77/h1-44,73H. The van der Waals surface area contributed by atoms with Gasteiger partial charge in [-0.2, -0.15) is 0 Å². The minimum atomic E-state index is -0.735. The first-order valence-corrected chi connectivity index (χ1v) is 26.9. The van der Waals surface area contributed by atoms with Gasteiger partial charge in [0, 0.05) is 55.3 Å². The van der Waals surface area contributed by atoms with Gasteiger partial charge in [-0.05, 0) is 145 Å². The quantitative estimate of drug-likeness (QED) is 0.167. The van der Waals surface area contributed by atoms with Crippen LogP contribution in [0.2, 0.25) is 0 Å². The second kappa shape index (κ2) is 15.1. The van der Waals surface area contributed by atoms with E-state index in [1.54, 1.807) is 0 Å². The first kappa shape index (κ1) is 41.4. The maximum absolute atomic E-state index is 2.62. The lowest BCUT2D eigenvalue weighted by Crippen LogP contribution is -2.27. The van der Waals surface area contributed by atoms with Crippen molar-refractivity contribution in [2.75, 3.05) is 0 Å². The van der Waals surface area contributed by atoms with Crippen LogP contribution in [0.15, 0.2) is 267 Å². The fourth-order valence-corrected chi connectivity index (χ4v) is 14.9.